The standard InChI is InChI=1S/C25H40N7O19P3S.C3H6O2/c1-25(2,20(38)23(39)28-6-5-14(33)27-7-8-55-16(36)4-3-15(34)35)10-48-54(45,46)51-53(43,44)47-9-13-19(50-52(40,41)42)18(37)24(49-13)32-12-31-17-21(26)29-11-30-22(17)32;1-2-3(4)5/h11-13,18-20,24,37-38H,3-10H2,1-2H3,(H,27,33)(H,28,39)(H,34,35)(H,43,44)(H,45,46)(H2,26,29,30)(H2,40,41,42);2H2,1H3,(H,4,5)/t13-,18-,19-,20+,24-;/m1./s1. The highest BCUT2D eigenvalue weighted by Crippen LogP contribution is 2.61. The second-order valence-corrected chi connectivity index (χ2v) is 18.3. The minimum Gasteiger partial charge on any atom is -0.481 e. The molecule has 0 bridgehead atoms. The lowest BCUT2D eigenvalue weighted by molar-refractivity contribution is -0.138. The van der Waals surface area contributed by atoms with E-state index in [4.69, 9.17) is 29.7 Å². The molecule has 340 valence electrons. The topological polar surface area (TPSA) is 438 Å². The van der Waals surface area contributed by atoms with Gasteiger partial charge in [0.05, 0.1) is 26.0 Å². The minimum absolute atomic E-state index is 0.0197. The first kappa shape index (κ1) is 52.6. The number of aliphatic hydroxyl groups excluding tert-OH is 2. The van der Waals surface area contributed by atoms with Crippen molar-refractivity contribution in [3.05, 3.63) is 12.7 Å². The van der Waals surface area contributed by atoms with E-state index in [2.05, 4.69) is 34.4 Å². The second-order valence-electron chi connectivity index (χ2n) is 12.9. The van der Waals surface area contributed by atoms with Crippen LogP contribution in [-0.4, -0.2) is 145 Å². The molecule has 1 aliphatic heterocycles. The number of aromatic nitrogens is 4. The number of nitrogen functional groups attached to an aromatic ring is 1. The molecule has 0 radical (unpaired) electrons. The molecule has 7 atom stereocenters. The third-order valence-corrected chi connectivity index (χ3v) is 11.6. The highest BCUT2D eigenvalue weighted by atomic mass is 32.2. The molecular formula is C28H46N7O21P3S. The van der Waals surface area contributed by atoms with Gasteiger partial charge in [0.2, 0.25) is 11.8 Å². The molecule has 0 aromatic carbocycles. The number of nitrogens with one attached hydrogen (secondary N) is 2. The Balaban J connectivity index is 0.00000233. The third-order valence-electron chi connectivity index (χ3n) is 7.61. The number of phosphoric acid groups is 3. The van der Waals surface area contributed by atoms with Gasteiger partial charge in [-0.2, -0.15) is 4.31 Å². The smallest absolute Gasteiger partial charge is 0.481 e. The van der Waals surface area contributed by atoms with Gasteiger partial charge < -0.3 is 61.1 Å². The van der Waals surface area contributed by atoms with Crippen LogP contribution in [0.15, 0.2) is 12.7 Å². The van der Waals surface area contributed by atoms with E-state index in [1.54, 1.807) is 6.92 Å². The van der Waals surface area contributed by atoms with Crippen molar-refractivity contribution >= 4 is 81.1 Å². The lowest BCUT2D eigenvalue weighted by Gasteiger charge is -2.30. The highest BCUT2D eigenvalue weighted by molar-refractivity contribution is 8.13. The number of aliphatic carboxylic acids is 2. The summed E-state index contributed by atoms with van der Waals surface area (Å²) in [6.45, 7) is 1.81. The summed E-state index contributed by atoms with van der Waals surface area (Å²) in [7, 11) is -16.4. The molecule has 0 saturated carbocycles. The molecule has 2 aromatic rings. The van der Waals surface area contributed by atoms with E-state index in [9.17, 15) is 67.5 Å². The van der Waals surface area contributed by atoms with Gasteiger partial charge in [-0.1, -0.05) is 32.5 Å². The number of hydrogen-bond acceptors (Lipinski definition) is 20. The predicted molar refractivity (Wildman–Crippen MR) is 202 cm³/mol. The molecule has 60 heavy (non-hydrogen) atoms. The van der Waals surface area contributed by atoms with Crippen molar-refractivity contribution in [2.45, 2.75) is 77.1 Å². The molecule has 1 saturated heterocycles. The number of ether oxygens (including phenoxy) is 1. The number of phosphoric ester groups is 3. The van der Waals surface area contributed by atoms with Crippen LogP contribution < -0.4 is 16.4 Å². The fraction of sp³-hybridized carbons (Fsp3) is 0.643. The summed E-state index contributed by atoms with van der Waals surface area (Å²) in [5.74, 6) is -3.26. The zero-order valence-corrected chi connectivity index (χ0v) is 35.4. The van der Waals surface area contributed by atoms with Gasteiger partial charge in [0.15, 0.2) is 22.8 Å². The number of nitrogens with two attached hydrogens (primary N) is 1. The van der Waals surface area contributed by atoms with Gasteiger partial charge in [-0.15, -0.1) is 0 Å². The lowest BCUT2D eigenvalue weighted by Crippen LogP contribution is -2.46. The van der Waals surface area contributed by atoms with Crippen LogP contribution in [-0.2, 0) is 60.3 Å². The van der Waals surface area contributed by atoms with E-state index in [1.807, 2.05) is 0 Å². The van der Waals surface area contributed by atoms with Gasteiger partial charge in [0.25, 0.3) is 0 Å². The number of rotatable bonds is 23. The number of imidazole rings is 1. The maximum absolute atomic E-state index is 12.6. The van der Waals surface area contributed by atoms with E-state index in [-0.39, 0.29) is 66.6 Å². The molecule has 12 N–H and O–H groups in total. The Morgan fingerprint density at radius 3 is 2.20 bits per heavy atom. The summed E-state index contributed by atoms with van der Waals surface area (Å²) in [4.78, 5) is 107. The van der Waals surface area contributed by atoms with Crippen LogP contribution >= 0.6 is 35.2 Å². The number of aliphatic hydroxyl groups is 2. The summed E-state index contributed by atoms with van der Waals surface area (Å²) in [6.07, 6.45) is -7.33. The average molecular weight is 942 g/mol. The molecule has 2 unspecified atom stereocenters. The van der Waals surface area contributed by atoms with Gasteiger partial charge in [0.1, 0.15) is 36.3 Å². The van der Waals surface area contributed by atoms with Gasteiger partial charge in [-0.05, 0) is 0 Å². The molecule has 3 rings (SSSR count). The Labute approximate surface area is 344 Å². The van der Waals surface area contributed by atoms with Crippen LogP contribution in [0.2, 0.25) is 0 Å². The quantitative estimate of drug-likeness (QED) is 0.0471. The second kappa shape index (κ2) is 23.1. The molecule has 1 aliphatic rings. The maximum atomic E-state index is 12.6. The Morgan fingerprint density at radius 2 is 1.60 bits per heavy atom. The maximum Gasteiger partial charge on any atom is 0.481 e. The van der Waals surface area contributed by atoms with Crippen LogP contribution in [0.25, 0.3) is 11.2 Å². The Morgan fingerprint density at radius 1 is 0.967 bits per heavy atom. The van der Waals surface area contributed by atoms with Gasteiger partial charge >= 0.3 is 35.4 Å². The number of anilines is 1. The van der Waals surface area contributed by atoms with Crippen LogP contribution in [0.1, 0.15) is 52.7 Å². The monoisotopic (exact) mass is 941 g/mol. The number of hydrogen-bond donors (Lipinski definition) is 11. The Kier molecular flexibility index (Phi) is 20.3. The van der Waals surface area contributed by atoms with Crippen LogP contribution in [0, 0.1) is 5.41 Å². The highest BCUT2D eigenvalue weighted by Gasteiger charge is 2.50. The largest absolute Gasteiger partial charge is 0.481 e. The molecule has 0 spiro atoms. The molecule has 0 aliphatic carbocycles. The summed E-state index contributed by atoms with van der Waals surface area (Å²) in [5.41, 5.74) is 4.20. The summed E-state index contributed by atoms with van der Waals surface area (Å²) >= 11 is 0.849. The predicted octanol–water partition coefficient (Wildman–Crippen LogP) is -0.989. The van der Waals surface area contributed by atoms with E-state index in [0.29, 0.717) is 0 Å². The summed E-state index contributed by atoms with van der Waals surface area (Å²) < 4.78 is 61.9. The fourth-order valence-electron chi connectivity index (χ4n) is 4.58. The number of amides is 2. The molecule has 2 amide bonds. The third kappa shape index (κ3) is 17.8. The molecule has 1 fully saturated rings. The van der Waals surface area contributed by atoms with E-state index >= 15 is 0 Å². The first-order chi connectivity index (χ1) is 27.7. The molecule has 3 heterocycles. The van der Waals surface area contributed by atoms with E-state index in [1.165, 1.54) is 13.8 Å². The normalized spacial score (nSPS) is 20.6. The first-order valence-corrected chi connectivity index (χ1v) is 22.7. The van der Waals surface area contributed by atoms with Crippen molar-refractivity contribution in [2.75, 3.05) is 37.8 Å². The summed E-state index contributed by atoms with van der Waals surface area (Å²) in [6, 6.07) is 0. The molecule has 2 aromatic heterocycles. The Bertz CT molecular complexity index is 1970. The lowest BCUT2D eigenvalue weighted by atomic mass is 9.87. The van der Waals surface area contributed by atoms with Crippen molar-refractivity contribution in [1.29, 1.82) is 0 Å². The number of nitrogens with zero attached hydrogens (tertiary/aromatic N) is 4. The van der Waals surface area contributed by atoms with Crippen molar-refractivity contribution in [3.8, 4) is 0 Å². The van der Waals surface area contributed by atoms with Crippen LogP contribution in [0.5, 0.6) is 0 Å². The van der Waals surface area contributed by atoms with Crippen LogP contribution in [0.3, 0.4) is 0 Å². The molecule has 28 nitrogen and oxygen atoms in total. The Hall–Kier alpha value is -3.50. The summed E-state index contributed by atoms with van der Waals surface area (Å²) in [5, 5.41) is 42.1. The van der Waals surface area contributed by atoms with Gasteiger partial charge in [0, 0.05) is 43.5 Å². The molecular weight excluding hydrogens is 895 g/mol. The zero-order chi connectivity index (χ0) is 45.6. The first-order valence-electron chi connectivity index (χ1n) is 17.2. The number of fused-ring (bicyclic) bond motifs is 1. The van der Waals surface area contributed by atoms with Crippen molar-refractivity contribution in [1.82, 2.24) is 30.2 Å². The number of carbonyl (C=O) groups is 5. The van der Waals surface area contributed by atoms with E-state index < -0.39 is 96.5 Å². The van der Waals surface area contributed by atoms with Crippen molar-refractivity contribution in [2.24, 2.45) is 5.41 Å². The SMILES string of the molecule is CC(C)(COP(=O)(O)OP(=O)(O)OC[C@H]1O[C@@H](n2cnc3c(N)ncnc32)[C@H](O)[C@@H]1OP(=O)(O)O)[C@@H](O)C(=O)NCCC(=O)NCCSC(=O)CCC(=O)O.CCC(=O)O. The van der Waals surface area contributed by atoms with Crippen molar-refractivity contribution < 1.29 is 100 Å². The van der Waals surface area contributed by atoms with Crippen molar-refractivity contribution in [3.63, 3.8) is 0 Å². The zero-order valence-electron chi connectivity index (χ0n) is 31.9. The number of carbonyl (C=O) groups excluding carboxylic acids is 3. The average Bonchev–Trinajstić information content (AvgIpc) is 3.70. The fourth-order valence-corrected chi connectivity index (χ4v) is 8.08. The minimum atomic E-state index is -5.59. The van der Waals surface area contributed by atoms with E-state index in [0.717, 1.165) is 29.0 Å². The molecule has 32 heteroatoms. The number of carboxylic acids is 2. The number of carboxylic acid groups (broad SMARTS) is 2. The van der Waals surface area contributed by atoms with Gasteiger partial charge in [-0.3, -0.25) is 42.1 Å². The van der Waals surface area contributed by atoms with Crippen LogP contribution in [0.4, 0.5) is 5.82 Å². The number of thioether (sulfide) groups is 1. The van der Waals surface area contributed by atoms with Gasteiger partial charge in [-0.25, -0.2) is 28.6 Å².